The van der Waals surface area contributed by atoms with E-state index in [9.17, 15) is 4.79 Å². The second-order valence-electron chi connectivity index (χ2n) is 3.43. The third kappa shape index (κ3) is 1.50. The first kappa shape index (κ1) is 9.47. The van der Waals surface area contributed by atoms with Gasteiger partial charge in [-0.05, 0) is 18.6 Å². The number of para-hydroxylation sites is 1. The van der Waals surface area contributed by atoms with Gasteiger partial charge in [-0.3, -0.25) is 9.36 Å². The van der Waals surface area contributed by atoms with Crippen LogP contribution in [0.25, 0.3) is 10.9 Å². The van der Waals surface area contributed by atoms with Crippen LogP contribution in [0, 0.1) is 18.3 Å². The molecular formula is C12H10N2O. The third-order valence-corrected chi connectivity index (χ3v) is 2.41. The summed E-state index contributed by atoms with van der Waals surface area (Å²) in [6, 6.07) is 9.55. The maximum atomic E-state index is 11.6. The van der Waals surface area contributed by atoms with E-state index in [0.717, 1.165) is 16.5 Å². The Morgan fingerprint density at radius 1 is 1.47 bits per heavy atom. The number of hydrogen-bond donors (Lipinski definition) is 0. The molecule has 0 bridgehead atoms. The quantitative estimate of drug-likeness (QED) is 0.706. The van der Waals surface area contributed by atoms with Gasteiger partial charge in [0, 0.05) is 11.6 Å². The van der Waals surface area contributed by atoms with Gasteiger partial charge >= 0.3 is 0 Å². The van der Waals surface area contributed by atoms with Crippen molar-refractivity contribution in [1.82, 2.24) is 4.57 Å². The van der Waals surface area contributed by atoms with Gasteiger partial charge in [-0.25, -0.2) is 0 Å². The molecule has 1 aromatic heterocycles. The standard InChI is InChI=1S/C12H10N2O/c1-9-8-14(12(15)6-7-13)11-5-3-2-4-10(9)11/h2-5,8H,6H2,1H3. The second kappa shape index (κ2) is 3.58. The number of benzene rings is 1. The number of rotatable bonds is 1. The molecule has 2 rings (SSSR count). The molecule has 0 aliphatic rings. The number of aryl methyl sites for hydroxylation is 1. The summed E-state index contributed by atoms with van der Waals surface area (Å²) in [5, 5.41) is 9.55. The number of aromatic nitrogens is 1. The van der Waals surface area contributed by atoms with Crippen LogP contribution in [0.3, 0.4) is 0 Å². The fraction of sp³-hybridized carbons (Fsp3) is 0.167. The van der Waals surface area contributed by atoms with Crippen molar-refractivity contribution in [1.29, 1.82) is 5.26 Å². The van der Waals surface area contributed by atoms with Gasteiger partial charge in [-0.15, -0.1) is 0 Å². The molecule has 0 fully saturated rings. The molecule has 74 valence electrons. The first-order valence-electron chi connectivity index (χ1n) is 4.71. The number of hydrogen-bond acceptors (Lipinski definition) is 2. The van der Waals surface area contributed by atoms with Crippen molar-refractivity contribution in [2.45, 2.75) is 13.3 Å². The molecule has 0 saturated heterocycles. The van der Waals surface area contributed by atoms with Gasteiger partial charge in [0.2, 0.25) is 5.91 Å². The van der Waals surface area contributed by atoms with Crippen LogP contribution in [-0.4, -0.2) is 10.5 Å². The molecule has 0 aliphatic carbocycles. The van der Waals surface area contributed by atoms with E-state index >= 15 is 0 Å². The predicted molar refractivity (Wildman–Crippen MR) is 57.5 cm³/mol. The second-order valence-corrected chi connectivity index (χ2v) is 3.43. The van der Waals surface area contributed by atoms with Crippen molar-refractivity contribution >= 4 is 16.8 Å². The largest absolute Gasteiger partial charge is 0.286 e. The van der Waals surface area contributed by atoms with E-state index in [4.69, 9.17) is 5.26 Å². The summed E-state index contributed by atoms with van der Waals surface area (Å²) >= 11 is 0. The summed E-state index contributed by atoms with van der Waals surface area (Å²) < 4.78 is 1.55. The van der Waals surface area contributed by atoms with E-state index in [0.29, 0.717) is 0 Å². The van der Waals surface area contributed by atoms with Crippen LogP contribution in [0.4, 0.5) is 0 Å². The van der Waals surface area contributed by atoms with Crippen molar-refractivity contribution in [2.75, 3.05) is 0 Å². The van der Waals surface area contributed by atoms with Gasteiger partial charge in [0.15, 0.2) is 0 Å². The lowest BCUT2D eigenvalue weighted by Crippen LogP contribution is -2.07. The lowest BCUT2D eigenvalue weighted by atomic mass is 10.2. The SMILES string of the molecule is Cc1cn(C(=O)CC#N)c2ccccc12. The molecule has 0 unspecified atom stereocenters. The molecule has 0 atom stereocenters. The summed E-state index contributed by atoms with van der Waals surface area (Å²) in [6.07, 6.45) is 1.70. The Kier molecular flexibility index (Phi) is 2.26. The van der Waals surface area contributed by atoms with Crippen LogP contribution >= 0.6 is 0 Å². The fourth-order valence-corrected chi connectivity index (χ4v) is 1.71. The molecule has 0 radical (unpaired) electrons. The molecule has 3 nitrogen and oxygen atoms in total. The Bertz CT molecular complexity index is 560. The maximum absolute atomic E-state index is 11.6. The number of nitriles is 1. The highest BCUT2D eigenvalue weighted by molar-refractivity contribution is 5.94. The molecule has 0 amide bonds. The molecule has 3 heteroatoms. The normalized spacial score (nSPS) is 10.1. The van der Waals surface area contributed by atoms with E-state index < -0.39 is 0 Å². The Labute approximate surface area is 87.5 Å². The Balaban J connectivity index is 2.63. The van der Waals surface area contributed by atoms with Gasteiger partial charge in [0.25, 0.3) is 0 Å². The smallest absolute Gasteiger partial charge is 0.245 e. The number of fused-ring (bicyclic) bond motifs is 1. The van der Waals surface area contributed by atoms with Crippen LogP contribution < -0.4 is 0 Å². The first-order chi connectivity index (χ1) is 7.24. The van der Waals surface area contributed by atoms with Crippen molar-refractivity contribution < 1.29 is 4.79 Å². The monoisotopic (exact) mass is 198 g/mol. The molecule has 2 aromatic rings. The zero-order valence-corrected chi connectivity index (χ0v) is 8.40. The van der Waals surface area contributed by atoms with Crippen LogP contribution in [-0.2, 0) is 0 Å². The molecule has 1 heterocycles. The molecule has 1 aromatic carbocycles. The molecule has 0 aliphatic heterocycles. The van der Waals surface area contributed by atoms with Crippen LogP contribution in [0.5, 0.6) is 0 Å². The summed E-state index contributed by atoms with van der Waals surface area (Å²) in [4.78, 5) is 11.6. The van der Waals surface area contributed by atoms with Gasteiger partial charge < -0.3 is 0 Å². The summed E-state index contributed by atoms with van der Waals surface area (Å²) in [7, 11) is 0. The van der Waals surface area contributed by atoms with Crippen molar-refractivity contribution in [3.8, 4) is 6.07 Å². The lowest BCUT2D eigenvalue weighted by Gasteiger charge is -1.99. The van der Waals surface area contributed by atoms with Crippen LogP contribution in [0.1, 0.15) is 16.8 Å². The summed E-state index contributed by atoms with van der Waals surface area (Å²) in [6.45, 7) is 1.96. The van der Waals surface area contributed by atoms with E-state index in [1.54, 1.807) is 10.8 Å². The molecule has 0 spiro atoms. The number of carbonyl (C=O) groups is 1. The highest BCUT2D eigenvalue weighted by atomic mass is 16.1. The van der Waals surface area contributed by atoms with Crippen molar-refractivity contribution in [2.24, 2.45) is 0 Å². The minimum Gasteiger partial charge on any atom is -0.286 e. The van der Waals surface area contributed by atoms with Gasteiger partial charge in [-0.1, -0.05) is 18.2 Å². The molecular weight excluding hydrogens is 188 g/mol. The van der Waals surface area contributed by atoms with E-state index in [1.165, 1.54) is 0 Å². The topological polar surface area (TPSA) is 45.8 Å². The van der Waals surface area contributed by atoms with E-state index in [2.05, 4.69) is 0 Å². The van der Waals surface area contributed by atoms with Gasteiger partial charge in [-0.2, -0.15) is 5.26 Å². The maximum Gasteiger partial charge on any atom is 0.245 e. The van der Waals surface area contributed by atoms with Gasteiger partial charge in [0.1, 0.15) is 6.42 Å². The van der Waals surface area contributed by atoms with E-state index in [1.807, 2.05) is 37.3 Å². The average Bonchev–Trinajstić information content (AvgIpc) is 2.58. The minimum absolute atomic E-state index is 0.0852. The molecule has 15 heavy (non-hydrogen) atoms. The zero-order chi connectivity index (χ0) is 10.8. The summed E-state index contributed by atoms with van der Waals surface area (Å²) in [5.74, 6) is -0.179. The third-order valence-electron chi connectivity index (χ3n) is 2.41. The molecule has 0 saturated carbocycles. The number of nitrogens with zero attached hydrogens (tertiary/aromatic N) is 2. The van der Waals surface area contributed by atoms with Crippen molar-refractivity contribution in [3.05, 3.63) is 36.0 Å². The lowest BCUT2D eigenvalue weighted by molar-refractivity contribution is 0.0924. The number of carbonyl (C=O) groups excluding carboxylic acids is 1. The minimum atomic E-state index is -0.179. The van der Waals surface area contributed by atoms with Crippen LogP contribution in [0.15, 0.2) is 30.5 Å². The van der Waals surface area contributed by atoms with Crippen molar-refractivity contribution in [3.63, 3.8) is 0 Å². The molecule has 0 N–H and O–H groups in total. The van der Waals surface area contributed by atoms with Gasteiger partial charge in [0.05, 0.1) is 11.6 Å². The van der Waals surface area contributed by atoms with E-state index in [-0.39, 0.29) is 12.3 Å². The average molecular weight is 198 g/mol. The Morgan fingerprint density at radius 3 is 2.93 bits per heavy atom. The van der Waals surface area contributed by atoms with Crippen LogP contribution in [0.2, 0.25) is 0 Å². The predicted octanol–water partition coefficient (Wildman–Crippen LogP) is 2.50. The first-order valence-corrected chi connectivity index (χ1v) is 4.71. The zero-order valence-electron chi connectivity index (χ0n) is 8.40. The Hall–Kier alpha value is -2.08. The summed E-state index contributed by atoms with van der Waals surface area (Å²) in [5.41, 5.74) is 1.92. The fourth-order valence-electron chi connectivity index (χ4n) is 1.71. The highest BCUT2D eigenvalue weighted by Crippen LogP contribution is 2.20. The highest BCUT2D eigenvalue weighted by Gasteiger charge is 2.10. The Morgan fingerprint density at radius 2 is 2.20 bits per heavy atom.